The van der Waals surface area contributed by atoms with Gasteiger partial charge in [-0.1, -0.05) is 54.6 Å². The molecule has 0 saturated heterocycles. The van der Waals surface area contributed by atoms with Crippen molar-refractivity contribution < 1.29 is 0 Å². The molecule has 0 spiro atoms. The largest absolute Gasteiger partial charge is 0.396 e. The van der Waals surface area contributed by atoms with E-state index in [1.54, 1.807) is 12.4 Å². The van der Waals surface area contributed by atoms with Crippen LogP contribution in [0, 0.1) is 0 Å². The maximum absolute atomic E-state index is 6.95. The molecule has 182 valence electrons. The van der Waals surface area contributed by atoms with E-state index >= 15 is 0 Å². The number of nitrogens with two attached hydrogens (primary N) is 2. The average molecular weight is 493 g/mol. The molecule has 7 rings (SSSR count). The van der Waals surface area contributed by atoms with E-state index in [-0.39, 0.29) is 0 Å². The number of hydrogen-bond acceptors (Lipinski definition) is 4. The maximum Gasteiger partial charge on any atom is 0.112 e. The fourth-order valence-electron chi connectivity index (χ4n) is 5.30. The third-order valence-corrected chi connectivity index (χ3v) is 7.00. The predicted molar refractivity (Wildman–Crippen MR) is 155 cm³/mol. The molecule has 3 aromatic carbocycles. The van der Waals surface area contributed by atoms with Crippen molar-refractivity contribution in [1.82, 2.24) is 19.1 Å². The number of rotatable bonds is 4. The molecule has 0 unspecified atom stereocenters. The van der Waals surface area contributed by atoms with Crippen molar-refractivity contribution in [3.63, 3.8) is 0 Å². The fourth-order valence-corrected chi connectivity index (χ4v) is 5.30. The van der Waals surface area contributed by atoms with Crippen LogP contribution in [0.3, 0.4) is 0 Å². The number of nitrogen functional groups attached to an aromatic ring is 2. The van der Waals surface area contributed by atoms with Crippen LogP contribution in [-0.2, 0) is 0 Å². The van der Waals surface area contributed by atoms with E-state index in [0.717, 1.165) is 56.0 Å². The van der Waals surface area contributed by atoms with Crippen LogP contribution in [0.5, 0.6) is 0 Å². The van der Waals surface area contributed by atoms with Crippen LogP contribution in [-0.4, -0.2) is 19.1 Å². The summed E-state index contributed by atoms with van der Waals surface area (Å²) in [5.41, 5.74) is 23.3. The van der Waals surface area contributed by atoms with Crippen molar-refractivity contribution in [3.05, 3.63) is 122 Å². The Bertz CT molecular complexity index is 1920. The smallest absolute Gasteiger partial charge is 0.112 e. The second-order valence-electron chi connectivity index (χ2n) is 9.18. The zero-order chi connectivity index (χ0) is 25.6. The molecule has 7 aromatic rings. The molecule has 0 aliphatic carbocycles. The van der Waals surface area contributed by atoms with E-state index in [2.05, 4.69) is 67.6 Å². The highest BCUT2D eigenvalue weighted by molar-refractivity contribution is 6.08. The molecule has 38 heavy (non-hydrogen) atoms. The van der Waals surface area contributed by atoms with Crippen molar-refractivity contribution in [3.8, 4) is 34.0 Å². The normalized spacial score (nSPS) is 11.4. The van der Waals surface area contributed by atoms with Gasteiger partial charge in [0.2, 0.25) is 0 Å². The van der Waals surface area contributed by atoms with E-state index in [1.807, 2.05) is 60.7 Å². The van der Waals surface area contributed by atoms with E-state index < -0.39 is 0 Å². The molecule has 0 atom stereocenters. The summed E-state index contributed by atoms with van der Waals surface area (Å²) in [6, 6.07) is 36.6. The molecule has 0 aliphatic rings. The number of aromatic nitrogens is 4. The lowest BCUT2D eigenvalue weighted by molar-refractivity contribution is 1.07. The van der Waals surface area contributed by atoms with E-state index in [4.69, 9.17) is 11.5 Å². The third-order valence-electron chi connectivity index (χ3n) is 7.00. The Morgan fingerprint density at radius 2 is 1.13 bits per heavy atom. The molecular formula is C32H24N6. The molecule has 6 nitrogen and oxygen atoms in total. The Kier molecular flexibility index (Phi) is 4.97. The third kappa shape index (κ3) is 3.28. The zero-order valence-electron chi connectivity index (χ0n) is 20.5. The van der Waals surface area contributed by atoms with Gasteiger partial charge in [-0.2, -0.15) is 0 Å². The summed E-state index contributed by atoms with van der Waals surface area (Å²) in [4.78, 5) is 9.14. The molecule has 0 fully saturated rings. The Labute approximate surface area is 219 Å². The summed E-state index contributed by atoms with van der Waals surface area (Å²) < 4.78 is 4.35. The topological polar surface area (TPSA) is 87.7 Å². The first kappa shape index (κ1) is 21.9. The van der Waals surface area contributed by atoms with E-state index in [0.29, 0.717) is 11.4 Å². The molecule has 4 N–H and O–H groups in total. The Hall–Kier alpha value is -5.36. The Morgan fingerprint density at radius 1 is 0.500 bits per heavy atom. The van der Waals surface area contributed by atoms with E-state index in [1.165, 1.54) is 0 Å². The summed E-state index contributed by atoms with van der Waals surface area (Å²) in [6.07, 6.45) is 3.58. The SMILES string of the molecule is Nc1c(-c2c(N)c3ncccc3n2-c2ccccc2)n(-c2ccc(-c3ccccn3)cc2)c2ccccc12. The van der Waals surface area contributed by atoms with Crippen LogP contribution < -0.4 is 11.5 Å². The minimum atomic E-state index is 0.588. The van der Waals surface area contributed by atoms with Gasteiger partial charge in [-0.15, -0.1) is 0 Å². The minimum Gasteiger partial charge on any atom is -0.396 e. The summed E-state index contributed by atoms with van der Waals surface area (Å²) in [5.74, 6) is 0. The lowest BCUT2D eigenvalue weighted by Gasteiger charge is -2.16. The molecule has 4 heterocycles. The summed E-state index contributed by atoms with van der Waals surface area (Å²) in [7, 11) is 0. The van der Waals surface area contributed by atoms with Gasteiger partial charge in [0, 0.05) is 34.7 Å². The number of pyridine rings is 2. The van der Waals surface area contributed by atoms with Gasteiger partial charge >= 0.3 is 0 Å². The summed E-state index contributed by atoms with van der Waals surface area (Å²) in [6.45, 7) is 0. The average Bonchev–Trinajstić information content (AvgIpc) is 3.44. The van der Waals surface area contributed by atoms with Gasteiger partial charge in [-0.3, -0.25) is 9.97 Å². The maximum atomic E-state index is 6.95. The molecule has 0 amide bonds. The second-order valence-corrected chi connectivity index (χ2v) is 9.18. The zero-order valence-corrected chi connectivity index (χ0v) is 20.5. The summed E-state index contributed by atoms with van der Waals surface area (Å²) >= 11 is 0. The molecule has 6 heteroatoms. The van der Waals surface area contributed by atoms with Gasteiger partial charge in [0.1, 0.15) is 5.52 Å². The number of para-hydroxylation sites is 2. The van der Waals surface area contributed by atoms with Crippen LogP contribution in [0.15, 0.2) is 122 Å². The lowest BCUT2D eigenvalue weighted by Crippen LogP contribution is -2.05. The van der Waals surface area contributed by atoms with Gasteiger partial charge in [0.15, 0.2) is 0 Å². The number of hydrogen-bond donors (Lipinski definition) is 2. The molecule has 4 aromatic heterocycles. The fraction of sp³-hybridized carbons (Fsp3) is 0. The first-order chi connectivity index (χ1) is 18.7. The highest BCUT2D eigenvalue weighted by Crippen LogP contribution is 2.45. The lowest BCUT2D eigenvalue weighted by atomic mass is 10.1. The second kappa shape index (κ2) is 8.64. The molecular weight excluding hydrogens is 468 g/mol. The van der Waals surface area contributed by atoms with Gasteiger partial charge in [0.25, 0.3) is 0 Å². The summed E-state index contributed by atoms with van der Waals surface area (Å²) in [5, 5.41) is 0.966. The van der Waals surface area contributed by atoms with Crippen molar-refractivity contribution >= 4 is 33.3 Å². The predicted octanol–water partition coefficient (Wildman–Crippen LogP) is 6.86. The van der Waals surface area contributed by atoms with Gasteiger partial charge in [0.05, 0.1) is 39.5 Å². The van der Waals surface area contributed by atoms with Crippen LogP contribution >= 0.6 is 0 Å². The minimum absolute atomic E-state index is 0.588. The number of anilines is 2. The highest BCUT2D eigenvalue weighted by atomic mass is 15.1. The van der Waals surface area contributed by atoms with Crippen molar-refractivity contribution in [2.24, 2.45) is 0 Å². The first-order valence-corrected chi connectivity index (χ1v) is 12.4. The molecule has 0 bridgehead atoms. The first-order valence-electron chi connectivity index (χ1n) is 12.4. The van der Waals surface area contributed by atoms with E-state index in [9.17, 15) is 0 Å². The Balaban J connectivity index is 1.55. The van der Waals surface area contributed by atoms with Crippen LogP contribution in [0.2, 0.25) is 0 Å². The number of nitrogens with zero attached hydrogens (tertiary/aromatic N) is 4. The number of fused-ring (bicyclic) bond motifs is 2. The van der Waals surface area contributed by atoms with Crippen LogP contribution in [0.4, 0.5) is 11.4 Å². The van der Waals surface area contributed by atoms with Crippen molar-refractivity contribution in [2.45, 2.75) is 0 Å². The van der Waals surface area contributed by atoms with Gasteiger partial charge < -0.3 is 20.6 Å². The van der Waals surface area contributed by atoms with Gasteiger partial charge in [-0.05, 0) is 54.6 Å². The Morgan fingerprint density at radius 3 is 1.92 bits per heavy atom. The molecule has 0 radical (unpaired) electrons. The monoisotopic (exact) mass is 492 g/mol. The van der Waals surface area contributed by atoms with Crippen LogP contribution in [0.25, 0.3) is 56.0 Å². The highest BCUT2D eigenvalue weighted by Gasteiger charge is 2.26. The number of benzene rings is 3. The van der Waals surface area contributed by atoms with Gasteiger partial charge in [-0.25, -0.2) is 0 Å². The van der Waals surface area contributed by atoms with Crippen LogP contribution in [0.1, 0.15) is 0 Å². The standard InChI is InChI=1S/C32H24N6/c33-28-24-11-4-5-13-26(24)37(23-17-15-21(16-18-23)25-12-6-7-19-35-25)31(28)32-29(34)30-27(14-8-20-36-30)38(32)22-9-2-1-3-10-22/h1-20H,33-34H2. The quantitative estimate of drug-likeness (QED) is 0.281. The molecule has 0 aliphatic heterocycles. The molecule has 0 saturated carbocycles. The van der Waals surface area contributed by atoms with Crippen molar-refractivity contribution in [1.29, 1.82) is 0 Å². The van der Waals surface area contributed by atoms with Crippen molar-refractivity contribution in [2.75, 3.05) is 11.5 Å².